The summed E-state index contributed by atoms with van der Waals surface area (Å²) in [6.45, 7) is 6.57. The van der Waals surface area contributed by atoms with Gasteiger partial charge in [-0.25, -0.2) is 0 Å². The number of nitrogens with zero attached hydrogens (tertiary/aromatic N) is 1. The van der Waals surface area contributed by atoms with Crippen LogP contribution in [0.25, 0.3) is 0 Å². The molecule has 2 fully saturated rings. The maximum Gasteiger partial charge on any atom is 0.393 e. The molecule has 1 saturated carbocycles. The molecule has 1 saturated heterocycles. The van der Waals surface area contributed by atoms with Gasteiger partial charge in [0, 0.05) is 31.2 Å². The van der Waals surface area contributed by atoms with Crippen LogP contribution in [0.15, 0.2) is 24.3 Å². The van der Waals surface area contributed by atoms with E-state index in [0.717, 1.165) is 25.2 Å². The number of carbonyl (C=O) groups is 1. The first-order chi connectivity index (χ1) is 13.2. The van der Waals surface area contributed by atoms with Crippen molar-refractivity contribution in [2.75, 3.05) is 13.1 Å². The molecule has 156 valence electrons. The van der Waals surface area contributed by atoms with Gasteiger partial charge in [0.1, 0.15) is 0 Å². The average molecular weight is 398 g/mol. The molecule has 4 nitrogen and oxygen atoms in total. The number of nitrogens with one attached hydrogen (secondary N) is 1. The Morgan fingerprint density at radius 3 is 2.32 bits per heavy atom. The van der Waals surface area contributed by atoms with Crippen molar-refractivity contribution in [1.82, 2.24) is 10.2 Å². The van der Waals surface area contributed by atoms with E-state index < -0.39 is 24.0 Å². The summed E-state index contributed by atoms with van der Waals surface area (Å²) < 4.78 is 45.4. The Labute approximate surface area is 164 Å². The van der Waals surface area contributed by atoms with Crippen molar-refractivity contribution >= 4 is 5.91 Å². The SMILES string of the molecule is C[C@@H]1CN(Cc2ccc(C(=O)N[C@@H]3CCCC[C@@H]3C(F)(F)F)cc2)C[C@H](C)O1. The molecule has 0 spiro atoms. The number of hydrogen-bond donors (Lipinski definition) is 1. The number of hydrogen-bond acceptors (Lipinski definition) is 3. The molecule has 0 unspecified atom stereocenters. The fourth-order valence-corrected chi connectivity index (χ4v) is 4.38. The lowest BCUT2D eigenvalue weighted by Gasteiger charge is -2.35. The number of morpholine rings is 1. The third-order valence-electron chi connectivity index (χ3n) is 5.62. The molecular weight excluding hydrogens is 369 g/mol. The van der Waals surface area contributed by atoms with E-state index in [1.165, 1.54) is 0 Å². The van der Waals surface area contributed by atoms with Crippen LogP contribution in [-0.4, -0.2) is 48.3 Å². The standard InChI is InChI=1S/C21H29F3N2O2/c1-14-11-26(12-15(2)28-14)13-16-7-9-17(10-8-16)20(27)25-19-6-4-3-5-18(19)21(22,23)24/h7-10,14-15,18-19H,3-6,11-13H2,1-2H3,(H,25,27)/t14-,15+,18-,19+/m0/s1. The van der Waals surface area contributed by atoms with Gasteiger partial charge in [-0.3, -0.25) is 9.69 Å². The molecule has 1 amide bonds. The number of amides is 1. The Morgan fingerprint density at radius 2 is 1.71 bits per heavy atom. The van der Waals surface area contributed by atoms with E-state index in [1.807, 2.05) is 12.1 Å². The summed E-state index contributed by atoms with van der Waals surface area (Å²) in [6.07, 6.45) is -2.16. The maximum absolute atomic E-state index is 13.2. The Hall–Kier alpha value is -1.60. The average Bonchev–Trinajstić information content (AvgIpc) is 2.61. The van der Waals surface area contributed by atoms with Crippen molar-refractivity contribution in [1.29, 1.82) is 0 Å². The van der Waals surface area contributed by atoms with E-state index in [2.05, 4.69) is 24.1 Å². The molecule has 0 bridgehead atoms. The van der Waals surface area contributed by atoms with E-state index >= 15 is 0 Å². The maximum atomic E-state index is 13.2. The minimum absolute atomic E-state index is 0.0871. The van der Waals surface area contributed by atoms with Gasteiger partial charge in [-0.05, 0) is 44.4 Å². The molecule has 0 aromatic heterocycles. The van der Waals surface area contributed by atoms with Crippen LogP contribution in [0, 0.1) is 5.92 Å². The van der Waals surface area contributed by atoms with Gasteiger partial charge in [-0.15, -0.1) is 0 Å². The molecule has 1 N–H and O–H groups in total. The van der Waals surface area contributed by atoms with Crippen LogP contribution < -0.4 is 5.32 Å². The summed E-state index contributed by atoms with van der Waals surface area (Å²) in [5, 5.41) is 2.62. The summed E-state index contributed by atoms with van der Waals surface area (Å²) in [5.41, 5.74) is 1.47. The van der Waals surface area contributed by atoms with Crippen LogP contribution in [0.5, 0.6) is 0 Å². The molecule has 1 aliphatic heterocycles. The first-order valence-corrected chi connectivity index (χ1v) is 10.1. The molecule has 2 aliphatic rings. The number of ether oxygens (including phenoxy) is 1. The zero-order valence-electron chi connectivity index (χ0n) is 16.5. The lowest BCUT2D eigenvalue weighted by molar-refractivity contribution is -0.187. The number of halogens is 3. The molecule has 1 heterocycles. The van der Waals surface area contributed by atoms with Crippen LogP contribution >= 0.6 is 0 Å². The number of alkyl halides is 3. The molecule has 3 rings (SSSR count). The normalized spacial score (nSPS) is 29.5. The second-order valence-corrected chi connectivity index (χ2v) is 8.16. The topological polar surface area (TPSA) is 41.6 Å². The second kappa shape index (κ2) is 8.82. The summed E-state index contributed by atoms with van der Waals surface area (Å²) in [6, 6.07) is 6.31. The predicted octanol–water partition coefficient (Wildman–Crippen LogP) is 4.15. The van der Waals surface area contributed by atoms with Crippen molar-refractivity contribution in [2.45, 2.75) is 70.5 Å². The van der Waals surface area contributed by atoms with Gasteiger partial charge in [0.2, 0.25) is 0 Å². The highest BCUT2D eigenvalue weighted by Gasteiger charge is 2.46. The van der Waals surface area contributed by atoms with E-state index in [4.69, 9.17) is 4.74 Å². The van der Waals surface area contributed by atoms with Crippen molar-refractivity contribution in [2.24, 2.45) is 5.92 Å². The molecule has 1 aromatic carbocycles. The summed E-state index contributed by atoms with van der Waals surface area (Å²) in [7, 11) is 0. The van der Waals surface area contributed by atoms with Gasteiger partial charge >= 0.3 is 6.18 Å². The van der Waals surface area contributed by atoms with Gasteiger partial charge in [0.25, 0.3) is 5.91 Å². The largest absolute Gasteiger partial charge is 0.393 e. The van der Waals surface area contributed by atoms with Crippen LogP contribution in [0.2, 0.25) is 0 Å². The first kappa shape index (κ1) is 21.1. The third-order valence-corrected chi connectivity index (χ3v) is 5.62. The number of carbonyl (C=O) groups excluding carboxylic acids is 1. The van der Waals surface area contributed by atoms with Crippen molar-refractivity contribution in [3.63, 3.8) is 0 Å². The molecule has 0 radical (unpaired) electrons. The molecule has 1 aliphatic carbocycles. The molecular formula is C21H29F3N2O2. The summed E-state index contributed by atoms with van der Waals surface area (Å²) in [4.78, 5) is 14.8. The monoisotopic (exact) mass is 398 g/mol. The third kappa shape index (κ3) is 5.47. The van der Waals surface area contributed by atoms with Crippen molar-refractivity contribution in [3.8, 4) is 0 Å². The molecule has 28 heavy (non-hydrogen) atoms. The predicted molar refractivity (Wildman–Crippen MR) is 101 cm³/mol. The van der Waals surface area contributed by atoms with Crippen LogP contribution in [0.4, 0.5) is 13.2 Å². The van der Waals surface area contributed by atoms with E-state index in [0.29, 0.717) is 24.8 Å². The summed E-state index contributed by atoms with van der Waals surface area (Å²) >= 11 is 0. The Morgan fingerprint density at radius 1 is 1.11 bits per heavy atom. The highest BCUT2D eigenvalue weighted by atomic mass is 19.4. The quantitative estimate of drug-likeness (QED) is 0.829. The zero-order valence-corrected chi connectivity index (χ0v) is 16.5. The van der Waals surface area contributed by atoms with Gasteiger partial charge in [-0.2, -0.15) is 13.2 Å². The summed E-state index contributed by atoms with van der Waals surface area (Å²) in [5.74, 6) is -1.88. The first-order valence-electron chi connectivity index (χ1n) is 10.1. The van der Waals surface area contributed by atoms with Crippen LogP contribution in [0.1, 0.15) is 55.5 Å². The Kier molecular flexibility index (Phi) is 6.65. The van der Waals surface area contributed by atoms with Gasteiger partial charge in [-0.1, -0.05) is 25.0 Å². The second-order valence-electron chi connectivity index (χ2n) is 8.16. The van der Waals surface area contributed by atoms with Gasteiger partial charge in [0.15, 0.2) is 0 Å². The molecule has 1 aromatic rings. The number of rotatable bonds is 4. The minimum Gasteiger partial charge on any atom is -0.373 e. The van der Waals surface area contributed by atoms with Gasteiger partial charge < -0.3 is 10.1 Å². The smallest absolute Gasteiger partial charge is 0.373 e. The fourth-order valence-electron chi connectivity index (χ4n) is 4.38. The van der Waals surface area contributed by atoms with Crippen LogP contribution in [-0.2, 0) is 11.3 Å². The van der Waals surface area contributed by atoms with Gasteiger partial charge in [0.05, 0.1) is 18.1 Å². The van der Waals surface area contributed by atoms with E-state index in [9.17, 15) is 18.0 Å². The zero-order chi connectivity index (χ0) is 20.3. The minimum atomic E-state index is -4.27. The lowest BCUT2D eigenvalue weighted by atomic mass is 9.84. The van der Waals surface area contributed by atoms with E-state index in [-0.39, 0.29) is 18.6 Å². The lowest BCUT2D eigenvalue weighted by Crippen LogP contribution is -2.47. The van der Waals surface area contributed by atoms with Crippen molar-refractivity contribution in [3.05, 3.63) is 35.4 Å². The fraction of sp³-hybridized carbons (Fsp3) is 0.667. The number of benzene rings is 1. The highest BCUT2D eigenvalue weighted by Crippen LogP contribution is 2.37. The van der Waals surface area contributed by atoms with Crippen LogP contribution in [0.3, 0.4) is 0 Å². The van der Waals surface area contributed by atoms with Crippen molar-refractivity contribution < 1.29 is 22.7 Å². The molecule has 4 atom stereocenters. The molecule has 7 heteroatoms. The Bertz CT molecular complexity index is 653. The van der Waals surface area contributed by atoms with E-state index in [1.54, 1.807) is 12.1 Å². The Balaban J connectivity index is 1.59. The highest BCUT2D eigenvalue weighted by molar-refractivity contribution is 5.94.